The van der Waals surface area contributed by atoms with E-state index in [1.807, 2.05) is 0 Å². The third-order valence-electron chi connectivity index (χ3n) is 5.35. The molecule has 32 heavy (non-hydrogen) atoms. The molecule has 7 nitrogen and oxygen atoms in total. The maximum absolute atomic E-state index is 13.2. The minimum absolute atomic E-state index is 0.0766. The molecule has 0 saturated heterocycles. The summed E-state index contributed by atoms with van der Waals surface area (Å²) < 4.78 is 0. The lowest BCUT2D eigenvalue weighted by Gasteiger charge is -2.14. The van der Waals surface area contributed by atoms with E-state index in [4.69, 9.17) is 11.6 Å². The molecule has 1 aliphatic rings. The van der Waals surface area contributed by atoms with Crippen molar-refractivity contribution >= 4 is 29.2 Å². The second-order valence-corrected chi connectivity index (χ2v) is 7.62. The third kappa shape index (κ3) is 3.19. The summed E-state index contributed by atoms with van der Waals surface area (Å²) in [6.07, 6.45) is 0. The molecule has 3 aromatic carbocycles. The third-order valence-corrected chi connectivity index (χ3v) is 5.68. The topological polar surface area (TPSA) is 96.0 Å². The summed E-state index contributed by atoms with van der Waals surface area (Å²) in [5, 5.41) is 11.3. The SMILES string of the molecule is O=C(c1ccccc1Cl)c1ccccc1-c1n[nH]nc1CN1C(=O)c2ccccc2C1=O. The quantitative estimate of drug-likeness (QED) is 0.370. The Morgan fingerprint density at radius 1 is 0.781 bits per heavy atom. The van der Waals surface area contributed by atoms with Gasteiger partial charge in [-0.2, -0.15) is 15.4 Å². The molecular weight excluding hydrogens is 428 g/mol. The van der Waals surface area contributed by atoms with E-state index in [9.17, 15) is 14.4 Å². The van der Waals surface area contributed by atoms with Crippen molar-refractivity contribution < 1.29 is 14.4 Å². The van der Waals surface area contributed by atoms with Crippen molar-refractivity contribution in [1.29, 1.82) is 0 Å². The van der Waals surface area contributed by atoms with Gasteiger partial charge in [0.25, 0.3) is 11.8 Å². The molecule has 1 aliphatic heterocycles. The van der Waals surface area contributed by atoms with Crippen LogP contribution in [0.5, 0.6) is 0 Å². The van der Waals surface area contributed by atoms with Gasteiger partial charge in [0.05, 0.1) is 22.7 Å². The fourth-order valence-corrected chi connectivity index (χ4v) is 4.01. The largest absolute Gasteiger partial charge is 0.289 e. The van der Waals surface area contributed by atoms with Crippen molar-refractivity contribution in [1.82, 2.24) is 20.3 Å². The Labute approximate surface area is 187 Å². The lowest BCUT2D eigenvalue weighted by molar-refractivity contribution is 0.0640. The first-order chi connectivity index (χ1) is 15.6. The van der Waals surface area contributed by atoms with Gasteiger partial charge in [0.2, 0.25) is 0 Å². The summed E-state index contributed by atoms with van der Waals surface area (Å²) in [4.78, 5) is 39.9. The first-order valence-electron chi connectivity index (χ1n) is 9.79. The summed E-state index contributed by atoms with van der Waals surface area (Å²) in [6, 6.07) is 20.4. The number of hydrogen-bond donors (Lipinski definition) is 1. The smallest absolute Gasteiger partial charge is 0.261 e. The molecule has 1 aromatic heterocycles. The van der Waals surface area contributed by atoms with E-state index in [2.05, 4.69) is 15.4 Å². The highest BCUT2D eigenvalue weighted by molar-refractivity contribution is 6.35. The highest BCUT2D eigenvalue weighted by atomic mass is 35.5. The summed E-state index contributed by atoms with van der Waals surface area (Å²) in [6.45, 7) is -0.0766. The lowest BCUT2D eigenvalue weighted by atomic mass is 9.96. The molecule has 1 N–H and O–H groups in total. The Bertz CT molecular complexity index is 1360. The molecule has 0 spiro atoms. The van der Waals surface area contributed by atoms with Gasteiger partial charge in [-0.3, -0.25) is 19.3 Å². The van der Waals surface area contributed by atoms with Crippen LogP contribution < -0.4 is 0 Å². The van der Waals surface area contributed by atoms with Gasteiger partial charge < -0.3 is 0 Å². The molecule has 5 rings (SSSR count). The van der Waals surface area contributed by atoms with Gasteiger partial charge in [-0.15, -0.1) is 0 Å². The second-order valence-electron chi connectivity index (χ2n) is 7.22. The number of ketones is 1. The van der Waals surface area contributed by atoms with Gasteiger partial charge in [-0.05, 0) is 24.3 Å². The Kier molecular flexibility index (Phi) is 4.88. The number of aromatic nitrogens is 3. The monoisotopic (exact) mass is 442 g/mol. The number of carbonyl (C=O) groups excluding carboxylic acids is 3. The zero-order chi connectivity index (χ0) is 22.2. The van der Waals surface area contributed by atoms with E-state index >= 15 is 0 Å². The van der Waals surface area contributed by atoms with Crippen molar-refractivity contribution in [2.75, 3.05) is 0 Å². The maximum Gasteiger partial charge on any atom is 0.261 e. The van der Waals surface area contributed by atoms with E-state index in [1.165, 1.54) is 0 Å². The van der Waals surface area contributed by atoms with Crippen LogP contribution in [0.3, 0.4) is 0 Å². The first kappa shape index (κ1) is 19.8. The number of aromatic amines is 1. The summed E-state index contributed by atoms with van der Waals surface area (Å²) >= 11 is 6.23. The van der Waals surface area contributed by atoms with Gasteiger partial charge in [-0.1, -0.05) is 60.1 Å². The normalized spacial score (nSPS) is 12.8. The van der Waals surface area contributed by atoms with Crippen molar-refractivity contribution in [3.05, 3.63) is 106 Å². The number of imide groups is 1. The van der Waals surface area contributed by atoms with Crippen LogP contribution >= 0.6 is 11.6 Å². The highest BCUT2D eigenvalue weighted by Gasteiger charge is 2.36. The van der Waals surface area contributed by atoms with E-state index in [0.717, 1.165) is 4.90 Å². The number of hydrogen-bond acceptors (Lipinski definition) is 5. The number of halogens is 1. The fraction of sp³-hybridized carbons (Fsp3) is 0.0417. The van der Waals surface area contributed by atoms with Crippen LogP contribution in [0.2, 0.25) is 5.02 Å². The molecule has 0 atom stereocenters. The molecule has 0 aliphatic carbocycles. The second kappa shape index (κ2) is 7.86. The van der Waals surface area contributed by atoms with Crippen molar-refractivity contribution in [3.8, 4) is 11.3 Å². The Hall–Kier alpha value is -4.10. The average molecular weight is 443 g/mol. The molecule has 2 amide bonds. The van der Waals surface area contributed by atoms with Gasteiger partial charge in [0, 0.05) is 16.7 Å². The van der Waals surface area contributed by atoms with Crippen LogP contribution in [0, 0.1) is 0 Å². The molecular formula is C24H15ClN4O3. The summed E-state index contributed by atoms with van der Waals surface area (Å²) in [5.74, 6) is -1.04. The number of fused-ring (bicyclic) bond motifs is 1. The number of H-pyrrole nitrogens is 1. The average Bonchev–Trinajstić information content (AvgIpc) is 3.38. The van der Waals surface area contributed by atoms with Gasteiger partial charge in [-0.25, -0.2) is 0 Å². The zero-order valence-electron chi connectivity index (χ0n) is 16.6. The molecule has 156 valence electrons. The van der Waals surface area contributed by atoms with Crippen LogP contribution in [0.4, 0.5) is 0 Å². The van der Waals surface area contributed by atoms with Gasteiger partial charge in [0.1, 0.15) is 11.4 Å². The van der Waals surface area contributed by atoms with Crippen LogP contribution in [-0.4, -0.2) is 37.9 Å². The van der Waals surface area contributed by atoms with Gasteiger partial charge in [0.15, 0.2) is 5.78 Å². The van der Waals surface area contributed by atoms with Crippen LogP contribution in [-0.2, 0) is 6.54 Å². The Balaban J connectivity index is 1.52. The fourth-order valence-electron chi connectivity index (χ4n) is 3.79. The number of carbonyl (C=O) groups is 3. The van der Waals surface area contributed by atoms with Gasteiger partial charge >= 0.3 is 0 Å². The van der Waals surface area contributed by atoms with Crippen LogP contribution in [0.15, 0.2) is 72.8 Å². The molecule has 0 saturated carbocycles. The van der Waals surface area contributed by atoms with Crippen LogP contribution in [0.25, 0.3) is 11.3 Å². The van der Waals surface area contributed by atoms with Crippen LogP contribution in [0.1, 0.15) is 42.3 Å². The minimum Gasteiger partial charge on any atom is -0.289 e. The summed E-state index contributed by atoms with van der Waals surface area (Å²) in [5.41, 5.74) is 2.76. The Morgan fingerprint density at radius 3 is 2.00 bits per heavy atom. The van der Waals surface area contributed by atoms with E-state index < -0.39 is 0 Å². The predicted octanol–water partition coefficient (Wildman–Crippen LogP) is 4.15. The minimum atomic E-state index is -0.389. The number of nitrogens with one attached hydrogen (secondary N) is 1. The van der Waals surface area contributed by atoms with Crippen molar-refractivity contribution in [3.63, 3.8) is 0 Å². The number of nitrogens with zero attached hydrogens (tertiary/aromatic N) is 3. The highest BCUT2D eigenvalue weighted by Crippen LogP contribution is 2.30. The molecule has 0 radical (unpaired) electrons. The molecule has 0 unspecified atom stereocenters. The molecule has 8 heteroatoms. The number of benzene rings is 3. The molecule has 4 aromatic rings. The zero-order valence-corrected chi connectivity index (χ0v) is 17.3. The molecule has 0 bridgehead atoms. The summed E-state index contributed by atoms with van der Waals surface area (Å²) in [7, 11) is 0. The predicted molar refractivity (Wildman–Crippen MR) is 117 cm³/mol. The number of rotatable bonds is 5. The van der Waals surface area contributed by atoms with E-state index in [1.54, 1.807) is 72.8 Å². The van der Waals surface area contributed by atoms with Crippen molar-refractivity contribution in [2.24, 2.45) is 0 Å². The van der Waals surface area contributed by atoms with E-state index in [-0.39, 0.29) is 24.1 Å². The van der Waals surface area contributed by atoms with E-state index in [0.29, 0.717) is 44.2 Å². The molecule has 0 fully saturated rings. The Morgan fingerprint density at radius 2 is 1.34 bits per heavy atom. The maximum atomic E-state index is 13.2. The first-order valence-corrected chi connectivity index (χ1v) is 10.2. The van der Waals surface area contributed by atoms with Crippen molar-refractivity contribution in [2.45, 2.75) is 6.54 Å². The standard InChI is InChI=1S/C24H15ClN4O3/c25-19-12-6-5-11-18(19)22(30)15-8-2-1-7-14(15)21-20(26-28-27-21)13-29-23(31)16-9-3-4-10-17(16)24(29)32/h1-12H,13H2,(H,26,27,28). The molecule has 2 heterocycles. The lowest BCUT2D eigenvalue weighted by Crippen LogP contribution is -2.29. The number of amides is 2.